The average Bonchev–Trinajstić information content (AvgIpc) is 3.60. The third-order valence-corrected chi connectivity index (χ3v) is 9.01. The van der Waals surface area contributed by atoms with Crippen LogP contribution < -0.4 is 9.64 Å². The second-order valence-electron chi connectivity index (χ2n) is 11.2. The van der Waals surface area contributed by atoms with Crippen LogP contribution in [0.1, 0.15) is 48.2 Å². The van der Waals surface area contributed by atoms with E-state index in [1.165, 1.54) is 12.1 Å². The number of hydrogen-bond donors (Lipinski definition) is 1. The fraction of sp³-hybridized carbons (Fsp3) is 0.400. The van der Waals surface area contributed by atoms with Gasteiger partial charge in [0.1, 0.15) is 23.3 Å². The molecule has 5 atom stereocenters. The Labute approximate surface area is 238 Å². The minimum Gasteiger partial charge on any atom is -0.481 e. The molecule has 218 valence electrons. The molecule has 7 rings (SSSR count). The smallest absolute Gasteiger partial charge is 0.387 e. The van der Waals surface area contributed by atoms with Gasteiger partial charge in [0.2, 0.25) is 5.95 Å². The van der Waals surface area contributed by atoms with Crippen LogP contribution in [0.4, 0.5) is 19.1 Å². The highest BCUT2D eigenvalue weighted by atomic mass is 19.3. The lowest BCUT2D eigenvalue weighted by atomic mass is 9.85. The van der Waals surface area contributed by atoms with Crippen molar-refractivity contribution in [1.29, 1.82) is 0 Å². The molecule has 1 N–H and O–H groups in total. The quantitative estimate of drug-likeness (QED) is 0.315. The molecule has 4 heterocycles. The summed E-state index contributed by atoms with van der Waals surface area (Å²) < 4.78 is 54.1. The number of hydrogen-bond acceptors (Lipinski definition) is 7. The lowest BCUT2D eigenvalue weighted by Gasteiger charge is -2.35. The first kappa shape index (κ1) is 26.7. The molecule has 42 heavy (non-hydrogen) atoms. The second kappa shape index (κ2) is 10.3. The van der Waals surface area contributed by atoms with Gasteiger partial charge in [-0.25, -0.2) is 19.3 Å². The minimum absolute atomic E-state index is 0.0628. The van der Waals surface area contributed by atoms with Crippen LogP contribution >= 0.6 is 0 Å². The molecule has 1 aliphatic heterocycles. The monoisotopic (exact) mass is 579 g/mol. The number of para-hydroxylation sites is 1. The van der Waals surface area contributed by atoms with E-state index in [1.54, 1.807) is 48.3 Å². The lowest BCUT2D eigenvalue weighted by molar-refractivity contribution is -0.144. The maximum absolute atomic E-state index is 15.5. The number of alkyl halides is 2. The van der Waals surface area contributed by atoms with Crippen LogP contribution in [0.5, 0.6) is 5.75 Å². The van der Waals surface area contributed by atoms with Gasteiger partial charge in [-0.2, -0.15) is 8.78 Å². The molecular weight excluding hydrogens is 551 g/mol. The van der Waals surface area contributed by atoms with Gasteiger partial charge in [0.15, 0.2) is 0 Å². The predicted octanol–water partition coefficient (Wildman–Crippen LogP) is 5.30. The first-order valence-electron chi connectivity index (χ1n) is 13.9. The normalized spacial score (nSPS) is 24.9. The van der Waals surface area contributed by atoms with Crippen molar-refractivity contribution in [2.45, 2.75) is 37.9 Å². The second-order valence-corrected chi connectivity index (χ2v) is 11.2. The van der Waals surface area contributed by atoms with E-state index in [2.05, 4.69) is 15.0 Å². The van der Waals surface area contributed by atoms with Crippen LogP contribution in [0.15, 0.2) is 48.9 Å². The number of methoxy groups -OCH3 is 1. The molecule has 0 amide bonds. The maximum Gasteiger partial charge on any atom is 0.387 e. The Morgan fingerprint density at radius 2 is 1.83 bits per heavy atom. The Hall–Kier alpha value is -4.19. The number of ether oxygens (including phenoxy) is 2. The van der Waals surface area contributed by atoms with Crippen molar-refractivity contribution in [3.63, 3.8) is 0 Å². The largest absolute Gasteiger partial charge is 0.481 e. The molecule has 12 heteroatoms. The molecule has 1 unspecified atom stereocenters. The van der Waals surface area contributed by atoms with Gasteiger partial charge >= 0.3 is 12.6 Å². The van der Waals surface area contributed by atoms with Crippen molar-refractivity contribution in [2.24, 2.45) is 17.8 Å². The van der Waals surface area contributed by atoms with Crippen LogP contribution in [0.2, 0.25) is 0 Å². The number of benzene rings is 1. The van der Waals surface area contributed by atoms with Gasteiger partial charge in [0, 0.05) is 67.5 Å². The summed E-state index contributed by atoms with van der Waals surface area (Å²) in [5.74, 6) is -1.26. The van der Waals surface area contributed by atoms with E-state index >= 15 is 4.39 Å². The highest BCUT2D eigenvalue weighted by Gasteiger charge is 2.46. The van der Waals surface area contributed by atoms with Crippen LogP contribution in [0, 0.1) is 23.6 Å². The topological polar surface area (TPSA) is 102 Å². The van der Waals surface area contributed by atoms with Crippen molar-refractivity contribution < 1.29 is 32.5 Å². The molecule has 0 radical (unpaired) electrons. The Morgan fingerprint density at radius 1 is 1.12 bits per heavy atom. The van der Waals surface area contributed by atoms with Gasteiger partial charge in [-0.3, -0.25) is 4.79 Å². The van der Waals surface area contributed by atoms with E-state index in [0.29, 0.717) is 47.9 Å². The van der Waals surface area contributed by atoms with Gasteiger partial charge in [-0.05, 0) is 37.2 Å². The number of piperidine rings is 1. The van der Waals surface area contributed by atoms with Gasteiger partial charge in [0.25, 0.3) is 0 Å². The van der Waals surface area contributed by atoms with E-state index < -0.39 is 24.5 Å². The number of imidazole rings is 1. The summed E-state index contributed by atoms with van der Waals surface area (Å²) in [6.07, 6.45) is 6.58. The van der Waals surface area contributed by atoms with Crippen molar-refractivity contribution >= 4 is 17.6 Å². The maximum atomic E-state index is 15.5. The number of aromatic nitrogens is 4. The van der Waals surface area contributed by atoms with Crippen LogP contribution in [0.3, 0.4) is 0 Å². The summed E-state index contributed by atoms with van der Waals surface area (Å²) in [5.41, 5.74) is 3.00. The summed E-state index contributed by atoms with van der Waals surface area (Å²) in [6.45, 7) is -1.82. The molecule has 1 saturated carbocycles. The number of carboxylic acid groups (broad SMARTS) is 1. The average molecular weight is 580 g/mol. The fourth-order valence-electron chi connectivity index (χ4n) is 7.20. The number of rotatable bonds is 7. The third-order valence-electron chi connectivity index (χ3n) is 9.01. The summed E-state index contributed by atoms with van der Waals surface area (Å²) in [7, 11) is 1.56. The zero-order chi connectivity index (χ0) is 29.1. The molecular formula is C30H28F3N5O4. The molecule has 1 aromatic carbocycles. The highest BCUT2D eigenvalue weighted by Crippen LogP contribution is 2.48. The van der Waals surface area contributed by atoms with E-state index in [9.17, 15) is 18.7 Å². The fourth-order valence-corrected chi connectivity index (χ4v) is 7.20. The van der Waals surface area contributed by atoms with E-state index in [0.717, 1.165) is 18.5 Å². The number of anilines is 1. The standard InChI is InChI=1S/C30H28F3N5O4/c1-41-23-8-19(18-4-2-3-5-22(18)42-29(32)33)27-26(23)36-24-9-21(31)20(14-38(24)27)17-10-34-30(35-11-17)37-12-15-6-7-16(13-37)25(15)28(39)40/h2-5,9-11,14-16,19,23,25,29H,6-8,12-13H2,1H3,(H,39,40)/t15-,16+,19-,23-,25?/m1/s1. The molecule has 9 nitrogen and oxygen atoms in total. The zero-order valence-electron chi connectivity index (χ0n) is 22.7. The summed E-state index contributed by atoms with van der Waals surface area (Å²) >= 11 is 0. The van der Waals surface area contributed by atoms with E-state index in [-0.39, 0.29) is 35.0 Å². The van der Waals surface area contributed by atoms with Gasteiger partial charge in [-0.15, -0.1) is 0 Å². The summed E-state index contributed by atoms with van der Waals surface area (Å²) in [5, 5.41) is 9.61. The Balaban J connectivity index is 1.24. The number of carbonyl (C=O) groups is 1. The van der Waals surface area contributed by atoms with Crippen LogP contribution in [-0.4, -0.2) is 57.2 Å². The molecule has 3 aliphatic rings. The number of aliphatic carboxylic acids is 1. The molecule has 2 bridgehead atoms. The third kappa shape index (κ3) is 4.36. The number of fused-ring (bicyclic) bond motifs is 5. The number of nitrogens with zero attached hydrogens (tertiary/aromatic N) is 5. The number of carboxylic acids is 1. The van der Waals surface area contributed by atoms with Crippen molar-refractivity contribution in [3.05, 3.63) is 71.7 Å². The summed E-state index contributed by atoms with van der Waals surface area (Å²) in [4.78, 5) is 27.4. The van der Waals surface area contributed by atoms with Crippen LogP contribution in [0.25, 0.3) is 16.8 Å². The Morgan fingerprint density at radius 3 is 2.50 bits per heavy atom. The first-order valence-corrected chi connectivity index (χ1v) is 13.9. The van der Waals surface area contributed by atoms with E-state index in [4.69, 9.17) is 9.47 Å². The van der Waals surface area contributed by atoms with Crippen LogP contribution in [-0.2, 0) is 9.53 Å². The lowest BCUT2D eigenvalue weighted by Crippen LogP contribution is -2.45. The molecule has 1 saturated heterocycles. The van der Waals surface area contributed by atoms with Crippen molar-refractivity contribution in [1.82, 2.24) is 19.4 Å². The molecule has 3 aromatic heterocycles. The molecule has 2 fully saturated rings. The minimum atomic E-state index is -2.98. The van der Waals surface area contributed by atoms with Crippen molar-refractivity contribution in [3.8, 4) is 16.9 Å². The highest BCUT2D eigenvalue weighted by molar-refractivity contribution is 5.72. The number of pyridine rings is 1. The Kier molecular flexibility index (Phi) is 6.52. The Bertz CT molecular complexity index is 1650. The predicted molar refractivity (Wildman–Crippen MR) is 145 cm³/mol. The molecule has 0 spiro atoms. The van der Waals surface area contributed by atoms with Gasteiger partial charge in [0.05, 0.1) is 17.3 Å². The zero-order valence-corrected chi connectivity index (χ0v) is 22.7. The van der Waals surface area contributed by atoms with Gasteiger partial charge < -0.3 is 23.9 Å². The van der Waals surface area contributed by atoms with Crippen molar-refractivity contribution in [2.75, 3.05) is 25.1 Å². The SMILES string of the molecule is CO[C@@H]1C[C@H](c2ccccc2OC(F)F)c2c1nc1cc(F)c(-c3cnc(N4C[C@H]5CC[C@@H](C4)C5C(=O)O)nc3)cn21. The summed E-state index contributed by atoms with van der Waals surface area (Å²) in [6, 6.07) is 7.98. The first-order chi connectivity index (χ1) is 20.3. The van der Waals surface area contributed by atoms with E-state index in [1.807, 2.05) is 4.90 Å². The molecule has 4 aromatic rings. The molecule has 2 aliphatic carbocycles. The number of halogens is 3. The van der Waals surface area contributed by atoms with Gasteiger partial charge in [-0.1, -0.05) is 18.2 Å².